The van der Waals surface area contributed by atoms with Crippen LogP contribution >= 0.6 is 0 Å². The molecule has 1 rings (SSSR count). The molecule has 0 bridgehead atoms. The normalized spacial score (nSPS) is 26.4. The van der Waals surface area contributed by atoms with Crippen molar-refractivity contribution in [1.29, 1.82) is 0 Å². The molecule has 0 aromatic rings. The van der Waals surface area contributed by atoms with E-state index in [0.717, 1.165) is 0 Å². The molecule has 0 aliphatic heterocycles. The van der Waals surface area contributed by atoms with E-state index in [2.05, 4.69) is 38.2 Å². The fourth-order valence-corrected chi connectivity index (χ4v) is 2.33. The summed E-state index contributed by atoms with van der Waals surface area (Å²) in [6.45, 7) is 4.57. The van der Waals surface area contributed by atoms with Crippen molar-refractivity contribution in [2.75, 3.05) is 0 Å². The Balaban J connectivity index is 2.81. The fourth-order valence-electron chi connectivity index (χ4n) is 2.33. The Kier molecular flexibility index (Phi) is 6.96. The van der Waals surface area contributed by atoms with Gasteiger partial charge in [0.05, 0.1) is 0 Å². The van der Waals surface area contributed by atoms with Gasteiger partial charge in [-0.2, -0.15) is 0 Å². The molecule has 0 amide bonds. The van der Waals surface area contributed by atoms with Gasteiger partial charge in [-0.15, -0.1) is 0 Å². The third-order valence-electron chi connectivity index (χ3n) is 3.17. The molecule has 0 spiro atoms. The lowest BCUT2D eigenvalue weighted by Gasteiger charge is -2.13. The van der Waals surface area contributed by atoms with Crippen LogP contribution in [0.3, 0.4) is 0 Å². The Hall–Kier alpha value is -0.780. The Morgan fingerprint density at radius 1 is 0.750 bits per heavy atom. The van der Waals surface area contributed by atoms with Gasteiger partial charge in [-0.3, -0.25) is 0 Å². The van der Waals surface area contributed by atoms with Gasteiger partial charge in [-0.1, -0.05) is 62.1 Å². The molecule has 90 valence electrons. The maximum absolute atomic E-state index is 2.37. The van der Waals surface area contributed by atoms with Crippen molar-refractivity contribution in [3.05, 3.63) is 35.5 Å². The van der Waals surface area contributed by atoms with Gasteiger partial charge < -0.3 is 0 Å². The Bertz CT molecular complexity index is 238. The largest absolute Gasteiger partial charge is 0.0879 e. The monoisotopic (exact) mass is 218 g/mol. The van der Waals surface area contributed by atoms with Gasteiger partial charge in [0.15, 0.2) is 0 Å². The van der Waals surface area contributed by atoms with Crippen molar-refractivity contribution in [2.45, 2.75) is 65.2 Å². The van der Waals surface area contributed by atoms with Crippen LogP contribution < -0.4 is 0 Å². The van der Waals surface area contributed by atoms with E-state index in [4.69, 9.17) is 0 Å². The average molecular weight is 218 g/mol. The van der Waals surface area contributed by atoms with Gasteiger partial charge in [-0.25, -0.2) is 0 Å². The van der Waals surface area contributed by atoms with Crippen molar-refractivity contribution in [2.24, 2.45) is 0 Å². The predicted octanol–water partition coefficient (Wildman–Crippen LogP) is 5.57. The highest BCUT2D eigenvalue weighted by Crippen LogP contribution is 2.24. The lowest BCUT2D eigenvalue weighted by atomic mass is 9.93. The molecular weight excluding hydrogens is 192 g/mol. The Morgan fingerprint density at radius 3 is 1.56 bits per heavy atom. The summed E-state index contributed by atoms with van der Waals surface area (Å²) in [5.74, 6) is 0. The molecule has 0 heteroatoms. The van der Waals surface area contributed by atoms with E-state index in [1.807, 2.05) is 0 Å². The molecule has 0 aromatic heterocycles. The van der Waals surface area contributed by atoms with Gasteiger partial charge >= 0.3 is 0 Å². The lowest BCUT2D eigenvalue weighted by molar-refractivity contribution is 0.797. The zero-order valence-corrected chi connectivity index (χ0v) is 11.0. The first kappa shape index (κ1) is 13.3. The lowest BCUT2D eigenvalue weighted by Crippen LogP contribution is -1.93. The highest BCUT2D eigenvalue weighted by molar-refractivity contribution is 5.20. The second kappa shape index (κ2) is 8.38. The molecule has 0 atom stereocenters. The molecule has 1 aliphatic carbocycles. The van der Waals surface area contributed by atoms with E-state index in [-0.39, 0.29) is 0 Å². The van der Waals surface area contributed by atoms with Crippen LogP contribution in [0.15, 0.2) is 35.5 Å². The van der Waals surface area contributed by atoms with Gasteiger partial charge in [0.25, 0.3) is 0 Å². The summed E-state index contributed by atoms with van der Waals surface area (Å²) in [7, 11) is 0. The zero-order chi connectivity index (χ0) is 11.6. The van der Waals surface area contributed by atoms with Gasteiger partial charge in [0.2, 0.25) is 0 Å². The molecule has 1 aliphatic rings. The van der Waals surface area contributed by atoms with E-state index < -0.39 is 0 Å². The molecule has 0 heterocycles. The van der Waals surface area contributed by atoms with Crippen LogP contribution in [0.4, 0.5) is 0 Å². The number of hydrogen-bond acceptors (Lipinski definition) is 0. The molecule has 0 radical (unpaired) electrons. The van der Waals surface area contributed by atoms with E-state index in [9.17, 15) is 0 Å². The quantitative estimate of drug-likeness (QED) is 0.541. The third-order valence-corrected chi connectivity index (χ3v) is 3.17. The van der Waals surface area contributed by atoms with Crippen molar-refractivity contribution in [1.82, 2.24) is 0 Å². The molecule has 0 fully saturated rings. The number of hydrogen-bond donors (Lipinski definition) is 0. The molecule has 0 aromatic carbocycles. The Morgan fingerprint density at radius 2 is 1.19 bits per heavy atom. The van der Waals surface area contributed by atoms with E-state index in [0.29, 0.717) is 0 Å². The first-order valence-electron chi connectivity index (χ1n) is 6.88. The molecule has 0 saturated heterocycles. The van der Waals surface area contributed by atoms with Crippen LogP contribution in [0.1, 0.15) is 65.2 Å². The number of allylic oxidation sites excluding steroid dienone is 6. The minimum atomic E-state index is 1.19. The highest BCUT2D eigenvalue weighted by atomic mass is 14.1. The molecule has 16 heavy (non-hydrogen) atoms. The maximum atomic E-state index is 2.37. The van der Waals surface area contributed by atoms with Crippen LogP contribution in [0.5, 0.6) is 0 Å². The van der Waals surface area contributed by atoms with Gasteiger partial charge in [-0.05, 0) is 38.5 Å². The minimum Gasteiger partial charge on any atom is -0.0879 e. The van der Waals surface area contributed by atoms with Crippen molar-refractivity contribution < 1.29 is 0 Å². The predicted molar refractivity (Wildman–Crippen MR) is 73.6 cm³/mol. The SMILES string of the molecule is CCC/C1=C(\CCC)C/C=C/CC/C=C\C1. The topological polar surface area (TPSA) is 0 Å². The van der Waals surface area contributed by atoms with E-state index >= 15 is 0 Å². The van der Waals surface area contributed by atoms with Gasteiger partial charge in [0, 0.05) is 0 Å². The third kappa shape index (κ3) is 4.83. The summed E-state index contributed by atoms with van der Waals surface area (Å²) in [4.78, 5) is 0. The summed E-state index contributed by atoms with van der Waals surface area (Å²) >= 11 is 0. The van der Waals surface area contributed by atoms with Crippen LogP contribution in [-0.2, 0) is 0 Å². The van der Waals surface area contributed by atoms with Crippen LogP contribution in [-0.4, -0.2) is 0 Å². The minimum absolute atomic E-state index is 1.19. The summed E-state index contributed by atoms with van der Waals surface area (Å²) in [6.07, 6.45) is 19.4. The maximum Gasteiger partial charge on any atom is -0.0136 e. The second-order valence-corrected chi connectivity index (χ2v) is 4.64. The van der Waals surface area contributed by atoms with Crippen molar-refractivity contribution in [3.8, 4) is 0 Å². The average Bonchev–Trinajstić information content (AvgIpc) is 2.30. The first-order valence-corrected chi connectivity index (χ1v) is 6.88. The Labute approximate surface area is 101 Å². The molecular formula is C16H26. The fraction of sp³-hybridized carbons (Fsp3) is 0.625. The van der Waals surface area contributed by atoms with Crippen molar-refractivity contribution >= 4 is 0 Å². The first-order chi connectivity index (χ1) is 7.88. The summed E-state index contributed by atoms with van der Waals surface area (Å²) in [5, 5.41) is 0. The standard InChI is InChI=1S/C16H26/c1-3-11-15-13-9-7-5-6-8-10-14-16(15)12-4-2/h7-10H,3-6,11-14H2,1-2H3/b9-7-,10-8+,16-15-. The van der Waals surface area contributed by atoms with Gasteiger partial charge in [0.1, 0.15) is 0 Å². The smallest absolute Gasteiger partial charge is 0.0136 e. The highest BCUT2D eigenvalue weighted by Gasteiger charge is 2.04. The molecule has 0 nitrogen and oxygen atoms in total. The summed E-state index contributed by atoms with van der Waals surface area (Å²) in [5.41, 5.74) is 3.40. The van der Waals surface area contributed by atoms with Crippen molar-refractivity contribution in [3.63, 3.8) is 0 Å². The molecule has 0 saturated carbocycles. The molecule has 0 N–H and O–H groups in total. The number of rotatable bonds is 4. The van der Waals surface area contributed by atoms with Crippen LogP contribution in [0.2, 0.25) is 0 Å². The summed E-state index contributed by atoms with van der Waals surface area (Å²) < 4.78 is 0. The molecule has 0 unspecified atom stereocenters. The second-order valence-electron chi connectivity index (χ2n) is 4.64. The van der Waals surface area contributed by atoms with E-state index in [1.165, 1.54) is 51.4 Å². The zero-order valence-electron chi connectivity index (χ0n) is 11.0. The van der Waals surface area contributed by atoms with Crippen LogP contribution in [0, 0.1) is 0 Å². The summed E-state index contributed by atoms with van der Waals surface area (Å²) in [6, 6.07) is 0. The van der Waals surface area contributed by atoms with Crippen LogP contribution in [0.25, 0.3) is 0 Å². The van der Waals surface area contributed by atoms with E-state index in [1.54, 1.807) is 11.1 Å².